The molecule has 1 N–H and O–H groups in total. The second kappa shape index (κ2) is 3.41. The van der Waals surface area contributed by atoms with Crippen molar-refractivity contribution in [3.8, 4) is 0 Å². The highest BCUT2D eigenvalue weighted by Crippen LogP contribution is 2.44. The van der Waals surface area contributed by atoms with Crippen LogP contribution in [0.25, 0.3) is 0 Å². The second-order valence-electron chi connectivity index (χ2n) is 5.45. The zero-order chi connectivity index (χ0) is 10.1. The lowest BCUT2D eigenvalue weighted by molar-refractivity contribution is -0.117. The lowest BCUT2D eigenvalue weighted by Crippen LogP contribution is -2.42. The minimum Gasteiger partial charge on any atom is -0.389 e. The maximum absolute atomic E-state index is 10.4. The number of rotatable bonds is 2. The van der Waals surface area contributed by atoms with Crippen LogP contribution < -0.4 is 0 Å². The third kappa shape index (κ3) is 2.80. The molecule has 0 aromatic carbocycles. The molecule has 2 heteroatoms. The molecule has 13 heavy (non-hydrogen) atoms. The Labute approximate surface area is 80.3 Å². The Hall–Kier alpha value is -0.370. The van der Waals surface area contributed by atoms with Crippen molar-refractivity contribution in [2.24, 2.45) is 11.3 Å². The molecular weight excluding hydrogens is 164 g/mol. The Morgan fingerprint density at radius 3 is 2.54 bits per heavy atom. The summed E-state index contributed by atoms with van der Waals surface area (Å²) in [6.07, 6.45) is 3.81. The van der Waals surface area contributed by atoms with E-state index in [0.717, 1.165) is 25.5 Å². The number of aliphatic hydroxyl groups is 1. The molecule has 0 amide bonds. The molecular formula is C11H20O2. The molecule has 0 aliphatic heterocycles. The first-order chi connectivity index (χ1) is 5.87. The van der Waals surface area contributed by atoms with Gasteiger partial charge in [-0.05, 0) is 30.6 Å². The third-order valence-electron chi connectivity index (χ3n) is 2.90. The molecule has 0 bridgehead atoms. The highest BCUT2D eigenvalue weighted by molar-refractivity contribution is 5.51. The van der Waals surface area contributed by atoms with Crippen molar-refractivity contribution in [1.82, 2.24) is 0 Å². The monoisotopic (exact) mass is 184 g/mol. The van der Waals surface area contributed by atoms with Gasteiger partial charge in [0.15, 0.2) is 0 Å². The molecule has 1 aliphatic carbocycles. The van der Waals surface area contributed by atoms with Gasteiger partial charge in [-0.15, -0.1) is 0 Å². The molecule has 0 saturated heterocycles. The quantitative estimate of drug-likeness (QED) is 0.668. The minimum atomic E-state index is -0.733. The molecule has 1 fully saturated rings. The minimum absolute atomic E-state index is 0.176. The Bertz CT molecular complexity index is 198. The van der Waals surface area contributed by atoms with Gasteiger partial charge < -0.3 is 9.90 Å². The lowest BCUT2D eigenvalue weighted by atomic mass is 9.65. The van der Waals surface area contributed by atoms with Gasteiger partial charge in [0, 0.05) is 6.42 Å². The first-order valence-electron chi connectivity index (χ1n) is 5.03. The number of carbonyl (C=O) groups is 1. The summed E-state index contributed by atoms with van der Waals surface area (Å²) in [5, 5.41) is 10.1. The van der Waals surface area contributed by atoms with Gasteiger partial charge in [-0.2, -0.15) is 0 Å². The number of carbonyl (C=O) groups excluding carboxylic acids is 1. The zero-order valence-electron chi connectivity index (χ0n) is 8.84. The summed E-state index contributed by atoms with van der Waals surface area (Å²) in [7, 11) is 0. The van der Waals surface area contributed by atoms with Gasteiger partial charge in [-0.25, -0.2) is 0 Å². The average molecular weight is 184 g/mol. The van der Waals surface area contributed by atoms with Crippen molar-refractivity contribution < 1.29 is 9.90 Å². The normalized spacial score (nSPS) is 38.6. The molecule has 0 heterocycles. The predicted octanol–water partition coefficient (Wildman–Crippen LogP) is 2.15. The van der Waals surface area contributed by atoms with Crippen molar-refractivity contribution in [3.63, 3.8) is 0 Å². The first-order valence-corrected chi connectivity index (χ1v) is 5.03. The van der Waals surface area contributed by atoms with E-state index in [1.807, 2.05) is 0 Å². The second-order valence-corrected chi connectivity index (χ2v) is 5.45. The van der Waals surface area contributed by atoms with Crippen LogP contribution in [0.1, 0.15) is 46.5 Å². The van der Waals surface area contributed by atoms with Gasteiger partial charge in [0.25, 0.3) is 0 Å². The van der Waals surface area contributed by atoms with Crippen LogP contribution in [0.5, 0.6) is 0 Å². The van der Waals surface area contributed by atoms with Crippen LogP contribution in [0.3, 0.4) is 0 Å². The summed E-state index contributed by atoms with van der Waals surface area (Å²) in [6, 6.07) is 0. The first kappa shape index (κ1) is 10.7. The molecule has 2 atom stereocenters. The largest absolute Gasteiger partial charge is 0.389 e. The fourth-order valence-corrected chi connectivity index (χ4v) is 3.01. The number of hydrogen-bond donors (Lipinski definition) is 1. The van der Waals surface area contributed by atoms with Gasteiger partial charge >= 0.3 is 0 Å². The van der Waals surface area contributed by atoms with Gasteiger partial charge in [0.1, 0.15) is 6.29 Å². The Balaban J connectivity index is 2.71. The SMILES string of the molecule is CC1CC(C)(C)CC(O)(CC=O)C1. The Morgan fingerprint density at radius 1 is 1.46 bits per heavy atom. The van der Waals surface area contributed by atoms with Crippen molar-refractivity contribution in [2.45, 2.75) is 52.1 Å². The molecule has 1 rings (SSSR count). The average Bonchev–Trinajstić information content (AvgIpc) is 1.78. The van der Waals surface area contributed by atoms with E-state index >= 15 is 0 Å². The van der Waals surface area contributed by atoms with Crippen LogP contribution in [-0.4, -0.2) is 17.0 Å². The maximum atomic E-state index is 10.4. The van der Waals surface area contributed by atoms with Crippen LogP contribution in [0, 0.1) is 11.3 Å². The smallest absolute Gasteiger partial charge is 0.122 e. The van der Waals surface area contributed by atoms with E-state index in [2.05, 4.69) is 20.8 Å². The molecule has 2 unspecified atom stereocenters. The van der Waals surface area contributed by atoms with Crippen LogP contribution in [0.2, 0.25) is 0 Å². The van der Waals surface area contributed by atoms with Crippen LogP contribution in [-0.2, 0) is 4.79 Å². The highest BCUT2D eigenvalue weighted by atomic mass is 16.3. The van der Waals surface area contributed by atoms with E-state index in [1.54, 1.807) is 0 Å². The number of aldehydes is 1. The van der Waals surface area contributed by atoms with Crippen LogP contribution >= 0.6 is 0 Å². The molecule has 0 spiro atoms. The van der Waals surface area contributed by atoms with Crippen LogP contribution in [0.15, 0.2) is 0 Å². The van der Waals surface area contributed by atoms with E-state index in [9.17, 15) is 9.90 Å². The summed E-state index contributed by atoms with van der Waals surface area (Å²) < 4.78 is 0. The summed E-state index contributed by atoms with van der Waals surface area (Å²) in [5.74, 6) is 0.522. The van der Waals surface area contributed by atoms with E-state index in [4.69, 9.17) is 0 Å². The molecule has 0 aromatic rings. The van der Waals surface area contributed by atoms with E-state index in [-0.39, 0.29) is 5.41 Å². The van der Waals surface area contributed by atoms with E-state index in [1.165, 1.54) is 0 Å². The molecule has 0 radical (unpaired) electrons. The topological polar surface area (TPSA) is 37.3 Å². The summed E-state index contributed by atoms with van der Waals surface area (Å²) >= 11 is 0. The van der Waals surface area contributed by atoms with Crippen LogP contribution in [0.4, 0.5) is 0 Å². The van der Waals surface area contributed by atoms with Gasteiger partial charge in [-0.3, -0.25) is 0 Å². The van der Waals surface area contributed by atoms with Gasteiger partial charge in [-0.1, -0.05) is 20.8 Å². The third-order valence-corrected chi connectivity index (χ3v) is 2.90. The number of hydrogen-bond acceptors (Lipinski definition) is 2. The van der Waals surface area contributed by atoms with Gasteiger partial charge in [0.05, 0.1) is 5.60 Å². The Kier molecular flexibility index (Phi) is 2.81. The van der Waals surface area contributed by atoms with E-state index < -0.39 is 5.60 Å². The fraction of sp³-hybridized carbons (Fsp3) is 0.909. The molecule has 0 aromatic heterocycles. The Morgan fingerprint density at radius 2 is 2.08 bits per heavy atom. The standard InChI is InChI=1S/C11H20O2/c1-9-6-10(2,3)8-11(13,7-9)4-5-12/h5,9,13H,4,6-8H2,1-3H3. The molecule has 1 aliphatic rings. The van der Waals surface area contributed by atoms with Crippen molar-refractivity contribution >= 4 is 6.29 Å². The van der Waals surface area contributed by atoms with Crippen molar-refractivity contribution in [2.75, 3.05) is 0 Å². The molecule has 76 valence electrons. The maximum Gasteiger partial charge on any atom is 0.122 e. The summed E-state index contributed by atoms with van der Waals surface area (Å²) in [4.78, 5) is 10.4. The zero-order valence-corrected chi connectivity index (χ0v) is 8.84. The van der Waals surface area contributed by atoms with E-state index in [0.29, 0.717) is 12.3 Å². The predicted molar refractivity (Wildman–Crippen MR) is 52.4 cm³/mol. The molecule has 2 nitrogen and oxygen atoms in total. The van der Waals surface area contributed by atoms with Crippen molar-refractivity contribution in [1.29, 1.82) is 0 Å². The van der Waals surface area contributed by atoms with Crippen molar-refractivity contribution in [3.05, 3.63) is 0 Å². The fourth-order valence-electron chi connectivity index (χ4n) is 3.01. The van der Waals surface area contributed by atoms with Gasteiger partial charge in [0.2, 0.25) is 0 Å². The molecule has 1 saturated carbocycles. The lowest BCUT2D eigenvalue weighted by Gasteiger charge is -2.43. The summed E-state index contributed by atoms with van der Waals surface area (Å²) in [6.45, 7) is 6.48. The highest BCUT2D eigenvalue weighted by Gasteiger charge is 2.40. The summed E-state index contributed by atoms with van der Waals surface area (Å²) in [5.41, 5.74) is -0.557.